The number of hydrogen-bond donors (Lipinski definition) is 0. The minimum Gasteiger partial charge on any atom is -0.278 e. The largest absolute Gasteiger partial charge is 0.278 e. The molecule has 18 heavy (non-hydrogen) atoms. The van der Waals surface area contributed by atoms with Gasteiger partial charge in [0, 0.05) is 22.0 Å². The van der Waals surface area contributed by atoms with E-state index in [1.165, 1.54) is 0 Å². The first kappa shape index (κ1) is 11.5. The Morgan fingerprint density at radius 2 is 1.67 bits per heavy atom. The van der Waals surface area contributed by atoms with Crippen LogP contribution in [0.2, 0.25) is 5.02 Å². The zero-order chi connectivity index (χ0) is 12.7. The summed E-state index contributed by atoms with van der Waals surface area (Å²) in [5.41, 5.74) is 3.81. The minimum atomic E-state index is 0.0945. The third-order valence-electron chi connectivity index (χ3n) is 3.63. The lowest BCUT2D eigenvalue weighted by molar-refractivity contribution is -0.114. The highest BCUT2D eigenvalue weighted by atomic mass is 35.5. The van der Waals surface area contributed by atoms with Crippen molar-refractivity contribution in [1.29, 1.82) is 0 Å². The molecule has 0 bridgehead atoms. The predicted molar refractivity (Wildman–Crippen MR) is 73.6 cm³/mol. The molecule has 0 saturated carbocycles. The molecule has 0 atom stereocenters. The molecule has 2 aliphatic rings. The first-order valence-electron chi connectivity index (χ1n) is 6.20. The molecule has 1 aliphatic heterocycles. The van der Waals surface area contributed by atoms with Gasteiger partial charge in [0.2, 0.25) is 0 Å². The van der Waals surface area contributed by atoms with Gasteiger partial charge in [-0.2, -0.15) is 0 Å². The number of carbonyl (C=O) groups excluding carboxylic acids is 1. The quantitative estimate of drug-likeness (QED) is 0.744. The van der Waals surface area contributed by atoms with Crippen LogP contribution < -0.4 is 4.90 Å². The van der Waals surface area contributed by atoms with Crippen LogP contribution in [0.4, 0.5) is 5.69 Å². The van der Waals surface area contributed by atoms with Crippen molar-refractivity contribution in [2.45, 2.75) is 25.7 Å². The molecule has 1 heterocycles. The molecular weight excluding hydrogens is 246 g/mol. The summed E-state index contributed by atoms with van der Waals surface area (Å²) in [6.07, 6.45) is 4.12. The van der Waals surface area contributed by atoms with Gasteiger partial charge in [-0.05, 0) is 55.5 Å². The van der Waals surface area contributed by atoms with Gasteiger partial charge in [0.15, 0.2) is 0 Å². The van der Waals surface area contributed by atoms with Crippen LogP contribution in [0, 0.1) is 0 Å². The second-order valence-electron chi connectivity index (χ2n) is 4.73. The number of anilines is 1. The lowest BCUT2D eigenvalue weighted by Crippen LogP contribution is -2.24. The van der Waals surface area contributed by atoms with Gasteiger partial charge in [-0.15, -0.1) is 0 Å². The number of nitrogens with zero attached hydrogens (tertiary/aromatic N) is 1. The number of halogens is 1. The van der Waals surface area contributed by atoms with Crippen LogP contribution in [0.3, 0.4) is 0 Å². The van der Waals surface area contributed by atoms with Crippen LogP contribution in [-0.4, -0.2) is 5.91 Å². The Morgan fingerprint density at radius 3 is 2.28 bits per heavy atom. The second kappa shape index (κ2) is 4.29. The van der Waals surface area contributed by atoms with Crippen molar-refractivity contribution in [2.75, 3.05) is 4.90 Å². The molecule has 92 valence electrons. The van der Waals surface area contributed by atoms with Crippen molar-refractivity contribution in [3.8, 4) is 0 Å². The average molecular weight is 260 g/mol. The molecule has 0 fully saturated rings. The zero-order valence-electron chi connectivity index (χ0n) is 10.1. The summed E-state index contributed by atoms with van der Waals surface area (Å²) in [4.78, 5) is 14.1. The van der Waals surface area contributed by atoms with Crippen LogP contribution in [-0.2, 0) is 4.79 Å². The molecule has 1 aromatic carbocycles. The van der Waals surface area contributed by atoms with Crippen molar-refractivity contribution in [3.05, 3.63) is 52.7 Å². The normalized spacial score (nSPS) is 19.5. The minimum absolute atomic E-state index is 0.0945. The van der Waals surface area contributed by atoms with Crippen molar-refractivity contribution < 1.29 is 4.79 Å². The SMILES string of the molecule is C=C1C2=C(CCCC2)C(=O)N1c1ccc(Cl)cc1. The number of rotatable bonds is 1. The third kappa shape index (κ3) is 1.68. The van der Waals surface area contributed by atoms with Gasteiger partial charge in [0.05, 0.1) is 0 Å². The van der Waals surface area contributed by atoms with E-state index in [0.29, 0.717) is 5.02 Å². The molecule has 0 saturated heterocycles. The second-order valence-corrected chi connectivity index (χ2v) is 5.16. The monoisotopic (exact) mass is 259 g/mol. The highest BCUT2D eigenvalue weighted by Gasteiger charge is 2.35. The average Bonchev–Trinajstić information content (AvgIpc) is 2.64. The van der Waals surface area contributed by atoms with Crippen LogP contribution >= 0.6 is 11.6 Å². The maximum absolute atomic E-state index is 12.4. The highest BCUT2D eigenvalue weighted by molar-refractivity contribution is 6.30. The van der Waals surface area contributed by atoms with E-state index in [1.54, 1.807) is 17.0 Å². The van der Waals surface area contributed by atoms with E-state index in [1.807, 2.05) is 12.1 Å². The summed E-state index contributed by atoms with van der Waals surface area (Å²) in [5, 5.41) is 0.675. The summed E-state index contributed by atoms with van der Waals surface area (Å²) < 4.78 is 0. The van der Waals surface area contributed by atoms with E-state index in [-0.39, 0.29) is 5.91 Å². The predicted octanol–water partition coefficient (Wildman–Crippen LogP) is 4.07. The lowest BCUT2D eigenvalue weighted by Gasteiger charge is -2.19. The Hall–Kier alpha value is -1.54. The Bertz CT molecular complexity index is 528. The summed E-state index contributed by atoms with van der Waals surface area (Å²) in [6.45, 7) is 4.08. The van der Waals surface area contributed by atoms with Crippen LogP contribution in [0.15, 0.2) is 47.7 Å². The lowest BCUT2D eigenvalue weighted by atomic mass is 9.93. The van der Waals surface area contributed by atoms with Gasteiger partial charge in [-0.25, -0.2) is 0 Å². The van der Waals surface area contributed by atoms with Crippen molar-refractivity contribution >= 4 is 23.2 Å². The fraction of sp³-hybridized carbons (Fsp3) is 0.267. The van der Waals surface area contributed by atoms with Crippen LogP contribution in [0.25, 0.3) is 0 Å². The van der Waals surface area contributed by atoms with Crippen molar-refractivity contribution in [2.24, 2.45) is 0 Å². The molecule has 1 aromatic rings. The number of allylic oxidation sites excluding steroid dienone is 1. The topological polar surface area (TPSA) is 20.3 Å². The van der Waals surface area contributed by atoms with E-state index < -0.39 is 0 Å². The smallest absolute Gasteiger partial charge is 0.259 e. The maximum Gasteiger partial charge on any atom is 0.259 e. The van der Waals surface area contributed by atoms with Gasteiger partial charge in [-0.1, -0.05) is 18.2 Å². The number of hydrogen-bond acceptors (Lipinski definition) is 1. The first-order chi connectivity index (χ1) is 8.68. The fourth-order valence-corrected chi connectivity index (χ4v) is 2.84. The van der Waals surface area contributed by atoms with Gasteiger partial charge in [0.1, 0.15) is 0 Å². The molecule has 3 heteroatoms. The summed E-state index contributed by atoms with van der Waals surface area (Å²) in [6, 6.07) is 7.33. The van der Waals surface area contributed by atoms with E-state index >= 15 is 0 Å². The molecule has 1 amide bonds. The standard InChI is InChI=1S/C15H14ClNO/c1-10-13-4-2-3-5-14(13)15(18)17(10)12-8-6-11(16)7-9-12/h6-9H,1-5H2. The van der Waals surface area contributed by atoms with E-state index in [0.717, 1.165) is 48.2 Å². The Morgan fingerprint density at radius 1 is 1.06 bits per heavy atom. The fourth-order valence-electron chi connectivity index (χ4n) is 2.72. The number of amides is 1. The first-order valence-corrected chi connectivity index (χ1v) is 6.57. The summed E-state index contributed by atoms with van der Waals surface area (Å²) in [5.74, 6) is 0.0945. The summed E-state index contributed by atoms with van der Waals surface area (Å²) in [7, 11) is 0. The van der Waals surface area contributed by atoms with E-state index in [2.05, 4.69) is 6.58 Å². The van der Waals surface area contributed by atoms with Gasteiger partial charge in [-0.3, -0.25) is 9.69 Å². The van der Waals surface area contributed by atoms with E-state index in [9.17, 15) is 4.79 Å². The number of carbonyl (C=O) groups is 1. The summed E-state index contributed by atoms with van der Waals surface area (Å²) >= 11 is 5.88. The van der Waals surface area contributed by atoms with Gasteiger partial charge >= 0.3 is 0 Å². The maximum atomic E-state index is 12.4. The van der Waals surface area contributed by atoms with Crippen LogP contribution in [0.1, 0.15) is 25.7 Å². The molecule has 0 aromatic heterocycles. The highest BCUT2D eigenvalue weighted by Crippen LogP contribution is 2.40. The molecular formula is C15H14ClNO. The van der Waals surface area contributed by atoms with Gasteiger partial charge < -0.3 is 0 Å². The zero-order valence-corrected chi connectivity index (χ0v) is 10.8. The molecule has 2 nitrogen and oxygen atoms in total. The van der Waals surface area contributed by atoms with Crippen LogP contribution in [0.5, 0.6) is 0 Å². The van der Waals surface area contributed by atoms with Gasteiger partial charge in [0.25, 0.3) is 5.91 Å². The third-order valence-corrected chi connectivity index (χ3v) is 3.88. The molecule has 0 spiro atoms. The van der Waals surface area contributed by atoms with Crippen molar-refractivity contribution in [3.63, 3.8) is 0 Å². The molecule has 3 rings (SSSR count). The Labute approximate surface area is 112 Å². The molecule has 0 N–H and O–H groups in total. The molecule has 0 radical (unpaired) electrons. The molecule has 1 aliphatic carbocycles. The van der Waals surface area contributed by atoms with E-state index in [4.69, 9.17) is 11.6 Å². The Balaban J connectivity index is 1.99. The Kier molecular flexibility index (Phi) is 2.75. The molecule has 0 unspecified atom stereocenters. The number of benzene rings is 1. The van der Waals surface area contributed by atoms with Crippen molar-refractivity contribution in [1.82, 2.24) is 0 Å².